The first-order chi connectivity index (χ1) is 18.6. The maximum atomic E-state index is 11.7. The van der Waals surface area contributed by atoms with Crippen LogP contribution in [0.2, 0.25) is 0 Å². The molecule has 2 aliphatic heterocycles. The number of benzene rings is 2. The van der Waals surface area contributed by atoms with Gasteiger partial charge in [0.1, 0.15) is 11.4 Å². The zero-order valence-corrected chi connectivity index (χ0v) is 22.1. The Kier molecular flexibility index (Phi) is 6.54. The summed E-state index contributed by atoms with van der Waals surface area (Å²) in [7, 11) is 3.11. The molecule has 0 bridgehead atoms. The van der Waals surface area contributed by atoms with E-state index in [2.05, 4.69) is 44.8 Å². The van der Waals surface area contributed by atoms with Crippen molar-refractivity contribution in [3.63, 3.8) is 0 Å². The van der Waals surface area contributed by atoms with Gasteiger partial charge in [0.2, 0.25) is 0 Å². The number of rotatable bonds is 7. The van der Waals surface area contributed by atoms with Crippen molar-refractivity contribution >= 4 is 22.7 Å². The number of aromatic nitrogens is 2. The van der Waals surface area contributed by atoms with Gasteiger partial charge in [0.25, 0.3) is 0 Å². The number of carbonyl (C=O) groups is 1. The molecule has 4 aromatic rings. The Balaban J connectivity index is 1.08. The van der Waals surface area contributed by atoms with Crippen molar-refractivity contribution in [3.05, 3.63) is 89.7 Å². The summed E-state index contributed by atoms with van der Waals surface area (Å²) in [6.45, 7) is 6.24. The van der Waals surface area contributed by atoms with E-state index < -0.39 is 0 Å². The van der Waals surface area contributed by atoms with E-state index in [0.29, 0.717) is 17.5 Å². The Morgan fingerprint density at radius 2 is 1.58 bits per heavy atom. The third kappa shape index (κ3) is 4.74. The standard InChI is InChI=1S/C31H34N4O3/c1-37-26-9-5-23(6-10-26)19-33-21-31(22-33)13-17-34(18-14-31)28-11-15-32-29-27(28)12-16-35(29)20-24-3-7-25(8-4-24)30(36)38-2/h3-12,15-16H,13-14,17-22H2,1-2H3. The predicted octanol–water partition coefficient (Wildman–Crippen LogP) is 4.98. The monoisotopic (exact) mass is 510 g/mol. The molecule has 0 amide bonds. The minimum absolute atomic E-state index is 0.315. The maximum absolute atomic E-state index is 11.7. The van der Waals surface area contributed by atoms with E-state index in [1.807, 2.05) is 42.6 Å². The molecule has 7 nitrogen and oxygen atoms in total. The van der Waals surface area contributed by atoms with Gasteiger partial charge in [-0.3, -0.25) is 4.90 Å². The molecule has 0 aliphatic carbocycles. The van der Waals surface area contributed by atoms with Gasteiger partial charge in [0, 0.05) is 62.7 Å². The first-order valence-corrected chi connectivity index (χ1v) is 13.3. The molecule has 2 fully saturated rings. The summed E-state index contributed by atoms with van der Waals surface area (Å²) in [5, 5.41) is 1.20. The zero-order valence-electron chi connectivity index (χ0n) is 22.1. The van der Waals surface area contributed by atoms with Gasteiger partial charge in [0.15, 0.2) is 0 Å². The van der Waals surface area contributed by atoms with E-state index in [1.165, 1.54) is 49.7 Å². The topological polar surface area (TPSA) is 59.8 Å². The Morgan fingerprint density at radius 1 is 0.895 bits per heavy atom. The molecule has 2 aromatic carbocycles. The van der Waals surface area contributed by atoms with Gasteiger partial charge in [-0.1, -0.05) is 24.3 Å². The van der Waals surface area contributed by atoms with Crippen LogP contribution in [0.15, 0.2) is 73.1 Å². The van der Waals surface area contributed by atoms with Crippen molar-refractivity contribution in [1.82, 2.24) is 14.5 Å². The lowest BCUT2D eigenvalue weighted by Gasteiger charge is -2.54. The fraction of sp³-hybridized carbons (Fsp3) is 0.355. The molecule has 0 saturated carbocycles. The molecule has 1 spiro atoms. The first-order valence-electron chi connectivity index (χ1n) is 13.3. The van der Waals surface area contributed by atoms with Crippen LogP contribution in [0.25, 0.3) is 11.0 Å². The van der Waals surface area contributed by atoms with Crippen molar-refractivity contribution < 1.29 is 14.3 Å². The van der Waals surface area contributed by atoms with Crippen LogP contribution < -0.4 is 9.64 Å². The second-order valence-corrected chi connectivity index (χ2v) is 10.7. The molecule has 0 radical (unpaired) electrons. The number of nitrogens with zero attached hydrogens (tertiary/aromatic N) is 4. The van der Waals surface area contributed by atoms with Crippen LogP contribution in [0.4, 0.5) is 5.69 Å². The number of likely N-dealkylation sites (tertiary alicyclic amines) is 1. The second-order valence-electron chi connectivity index (χ2n) is 10.7. The van der Waals surface area contributed by atoms with Crippen LogP contribution in [-0.2, 0) is 17.8 Å². The number of piperidine rings is 1. The number of esters is 1. The molecular formula is C31H34N4O3. The SMILES string of the molecule is COC(=O)c1ccc(Cn2ccc3c(N4CCC5(CC4)CN(Cc4ccc(OC)cc4)C5)ccnc32)cc1. The summed E-state index contributed by atoms with van der Waals surface area (Å²) in [6.07, 6.45) is 6.50. The normalized spacial score (nSPS) is 16.9. The highest BCUT2D eigenvalue weighted by Crippen LogP contribution is 2.42. The molecule has 7 heteroatoms. The number of ether oxygens (including phenoxy) is 2. The van der Waals surface area contributed by atoms with E-state index in [9.17, 15) is 4.79 Å². The van der Waals surface area contributed by atoms with Crippen molar-refractivity contribution in [2.45, 2.75) is 25.9 Å². The molecule has 0 atom stereocenters. The van der Waals surface area contributed by atoms with Crippen molar-refractivity contribution in [1.29, 1.82) is 0 Å². The molecule has 0 unspecified atom stereocenters. The molecule has 2 saturated heterocycles. The summed E-state index contributed by atoms with van der Waals surface area (Å²) in [5.41, 5.74) is 5.75. The van der Waals surface area contributed by atoms with E-state index >= 15 is 0 Å². The van der Waals surface area contributed by atoms with Crippen LogP contribution in [0.1, 0.15) is 34.3 Å². The molecule has 6 rings (SSSR count). The van der Waals surface area contributed by atoms with Crippen LogP contribution in [0.5, 0.6) is 5.75 Å². The number of hydrogen-bond donors (Lipinski definition) is 0. The van der Waals surface area contributed by atoms with Gasteiger partial charge in [-0.25, -0.2) is 9.78 Å². The largest absolute Gasteiger partial charge is 0.497 e. The van der Waals surface area contributed by atoms with E-state index in [-0.39, 0.29) is 5.97 Å². The number of anilines is 1. The maximum Gasteiger partial charge on any atom is 0.337 e. The summed E-state index contributed by atoms with van der Waals surface area (Å²) in [6, 6.07) is 20.4. The average molecular weight is 511 g/mol. The van der Waals surface area contributed by atoms with Crippen molar-refractivity contribution in [2.75, 3.05) is 45.3 Å². The van der Waals surface area contributed by atoms with Gasteiger partial charge in [-0.2, -0.15) is 0 Å². The van der Waals surface area contributed by atoms with Gasteiger partial charge in [-0.15, -0.1) is 0 Å². The quantitative estimate of drug-likeness (QED) is 0.327. The fourth-order valence-electron chi connectivity index (χ4n) is 6.08. The average Bonchev–Trinajstić information content (AvgIpc) is 3.36. The van der Waals surface area contributed by atoms with E-state index in [0.717, 1.165) is 36.6 Å². The highest BCUT2D eigenvalue weighted by molar-refractivity contribution is 5.90. The van der Waals surface area contributed by atoms with E-state index in [1.54, 1.807) is 7.11 Å². The second kappa shape index (κ2) is 10.1. The fourth-order valence-corrected chi connectivity index (χ4v) is 6.08. The number of hydrogen-bond acceptors (Lipinski definition) is 6. The minimum Gasteiger partial charge on any atom is -0.497 e. The van der Waals surface area contributed by atoms with Crippen molar-refractivity contribution in [2.24, 2.45) is 5.41 Å². The molecule has 2 aromatic heterocycles. The lowest BCUT2D eigenvalue weighted by Crippen LogP contribution is -2.59. The van der Waals surface area contributed by atoms with Gasteiger partial charge in [-0.05, 0) is 65.8 Å². The lowest BCUT2D eigenvalue weighted by atomic mass is 9.71. The Labute approximate surface area is 223 Å². The van der Waals surface area contributed by atoms with Gasteiger partial charge < -0.3 is 18.9 Å². The molecule has 4 heterocycles. The van der Waals surface area contributed by atoms with Gasteiger partial charge >= 0.3 is 5.97 Å². The van der Waals surface area contributed by atoms with Crippen molar-refractivity contribution in [3.8, 4) is 5.75 Å². The third-order valence-electron chi connectivity index (χ3n) is 8.22. The predicted molar refractivity (Wildman–Crippen MR) is 149 cm³/mol. The lowest BCUT2D eigenvalue weighted by molar-refractivity contribution is -0.0239. The number of carbonyl (C=O) groups excluding carboxylic acids is 1. The van der Waals surface area contributed by atoms with Gasteiger partial charge in [0.05, 0.1) is 19.8 Å². The molecule has 0 N–H and O–H groups in total. The minimum atomic E-state index is -0.315. The van der Waals surface area contributed by atoms with Crippen LogP contribution in [0, 0.1) is 5.41 Å². The Hall–Kier alpha value is -3.84. The number of fused-ring (bicyclic) bond motifs is 1. The molecule has 2 aliphatic rings. The third-order valence-corrected chi connectivity index (χ3v) is 8.22. The number of pyridine rings is 1. The molecular weight excluding hydrogens is 476 g/mol. The first kappa shape index (κ1) is 24.5. The summed E-state index contributed by atoms with van der Waals surface area (Å²) >= 11 is 0. The summed E-state index contributed by atoms with van der Waals surface area (Å²) in [4.78, 5) is 21.6. The Bertz CT molecular complexity index is 1410. The smallest absolute Gasteiger partial charge is 0.337 e. The molecule has 196 valence electrons. The van der Waals surface area contributed by atoms with Crippen LogP contribution >= 0.6 is 0 Å². The highest BCUT2D eigenvalue weighted by Gasteiger charge is 2.44. The summed E-state index contributed by atoms with van der Waals surface area (Å²) in [5.74, 6) is 0.598. The summed E-state index contributed by atoms with van der Waals surface area (Å²) < 4.78 is 12.3. The highest BCUT2D eigenvalue weighted by atomic mass is 16.5. The zero-order chi connectivity index (χ0) is 26.1. The Morgan fingerprint density at radius 3 is 2.26 bits per heavy atom. The molecule has 38 heavy (non-hydrogen) atoms. The van der Waals surface area contributed by atoms with Crippen LogP contribution in [-0.4, -0.2) is 60.8 Å². The number of methoxy groups -OCH3 is 2. The van der Waals surface area contributed by atoms with E-state index in [4.69, 9.17) is 14.5 Å². The van der Waals surface area contributed by atoms with Crippen LogP contribution in [0.3, 0.4) is 0 Å².